The number of nitrogens with two attached hydrogens (primary N) is 1. The van der Waals surface area contributed by atoms with Crippen LogP contribution in [0.25, 0.3) is 0 Å². The molecule has 1 aliphatic heterocycles. The molecule has 2 aromatic rings. The molecule has 0 aliphatic carbocycles. The van der Waals surface area contributed by atoms with Crippen molar-refractivity contribution in [1.29, 1.82) is 5.26 Å². The Morgan fingerprint density at radius 2 is 2.21 bits per heavy atom. The van der Waals surface area contributed by atoms with Gasteiger partial charge in [0.05, 0.1) is 12.2 Å². The molecule has 1 unspecified atom stereocenters. The van der Waals surface area contributed by atoms with Crippen LogP contribution in [0.15, 0.2) is 36.5 Å². The number of likely N-dealkylation sites (tertiary alicyclic amines) is 1. The zero-order valence-corrected chi connectivity index (χ0v) is 13.3. The number of hydrogen-bond acceptors (Lipinski definition) is 5. The summed E-state index contributed by atoms with van der Waals surface area (Å²) in [5.41, 5.74) is 7.26. The molecule has 1 aliphatic rings. The molecule has 0 radical (unpaired) electrons. The highest BCUT2D eigenvalue weighted by Crippen LogP contribution is 2.25. The van der Waals surface area contributed by atoms with Gasteiger partial charge in [-0.25, -0.2) is 9.48 Å². The number of nitrogens with zero attached hydrogens (tertiary/aromatic N) is 4. The number of ether oxygens (including phenoxy) is 1. The maximum atomic E-state index is 12.3. The molecule has 1 atom stereocenters. The molecule has 124 valence electrons. The first-order chi connectivity index (χ1) is 11.7. The number of carbonyl (C=O) groups excluding carboxylic acids is 1. The molecule has 1 fully saturated rings. The monoisotopic (exact) mass is 325 g/mol. The normalized spacial score (nSPS) is 17.3. The molecular formula is C17H19N5O2. The maximum absolute atomic E-state index is 12.3. The fraction of sp³-hybridized carbons (Fsp3) is 0.353. The Morgan fingerprint density at radius 3 is 2.92 bits per heavy atom. The van der Waals surface area contributed by atoms with Crippen LogP contribution in [0, 0.1) is 11.3 Å². The number of nitriles is 1. The fourth-order valence-electron chi connectivity index (χ4n) is 2.88. The van der Waals surface area contributed by atoms with Gasteiger partial charge >= 0.3 is 6.09 Å². The first kappa shape index (κ1) is 15.9. The van der Waals surface area contributed by atoms with Crippen LogP contribution in [0.1, 0.15) is 30.0 Å². The van der Waals surface area contributed by atoms with Crippen molar-refractivity contribution in [2.45, 2.75) is 25.5 Å². The molecule has 24 heavy (non-hydrogen) atoms. The van der Waals surface area contributed by atoms with Gasteiger partial charge in [-0.2, -0.15) is 10.4 Å². The van der Waals surface area contributed by atoms with E-state index in [0.29, 0.717) is 24.5 Å². The highest BCUT2D eigenvalue weighted by molar-refractivity contribution is 5.67. The molecule has 3 rings (SSSR count). The van der Waals surface area contributed by atoms with Crippen LogP contribution < -0.4 is 5.73 Å². The van der Waals surface area contributed by atoms with Gasteiger partial charge in [0, 0.05) is 13.1 Å². The van der Waals surface area contributed by atoms with Gasteiger partial charge in [-0.3, -0.25) is 0 Å². The molecule has 1 aromatic heterocycles. The molecule has 1 saturated heterocycles. The Bertz CT molecular complexity index is 750. The van der Waals surface area contributed by atoms with Crippen LogP contribution in [0.3, 0.4) is 0 Å². The summed E-state index contributed by atoms with van der Waals surface area (Å²) in [6.45, 7) is 1.38. The molecule has 2 heterocycles. The Hall–Kier alpha value is -3.01. The summed E-state index contributed by atoms with van der Waals surface area (Å²) in [5.74, 6) is 0.349. The summed E-state index contributed by atoms with van der Waals surface area (Å²) >= 11 is 0. The minimum Gasteiger partial charge on any atom is -0.445 e. The second-order valence-corrected chi connectivity index (χ2v) is 5.78. The Kier molecular flexibility index (Phi) is 4.66. The molecule has 7 heteroatoms. The third kappa shape index (κ3) is 3.33. The molecule has 7 nitrogen and oxygen atoms in total. The third-order valence-corrected chi connectivity index (χ3v) is 4.16. The molecular weight excluding hydrogens is 306 g/mol. The van der Waals surface area contributed by atoms with Crippen molar-refractivity contribution in [3.63, 3.8) is 0 Å². The average molecular weight is 325 g/mol. The summed E-state index contributed by atoms with van der Waals surface area (Å²) in [6, 6.07) is 11.6. The van der Waals surface area contributed by atoms with E-state index in [1.807, 2.05) is 36.4 Å². The number of nitrogen functional groups attached to an aromatic ring is 1. The highest BCUT2D eigenvalue weighted by Gasteiger charge is 2.27. The second kappa shape index (κ2) is 7.04. The van der Waals surface area contributed by atoms with Gasteiger partial charge < -0.3 is 15.4 Å². The molecule has 0 saturated carbocycles. The number of amides is 1. The number of piperidine rings is 1. The van der Waals surface area contributed by atoms with E-state index in [1.54, 1.807) is 9.58 Å². The van der Waals surface area contributed by atoms with E-state index in [2.05, 4.69) is 5.10 Å². The van der Waals surface area contributed by atoms with Crippen molar-refractivity contribution in [1.82, 2.24) is 14.7 Å². The lowest BCUT2D eigenvalue weighted by Crippen LogP contribution is -2.41. The first-order valence-electron chi connectivity index (χ1n) is 7.87. The van der Waals surface area contributed by atoms with E-state index in [-0.39, 0.29) is 18.7 Å². The van der Waals surface area contributed by atoms with Gasteiger partial charge in [-0.1, -0.05) is 30.3 Å². The van der Waals surface area contributed by atoms with Crippen molar-refractivity contribution >= 4 is 11.9 Å². The van der Waals surface area contributed by atoms with Crippen LogP contribution in [0.4, 0.5) is 10.6 Å². The van der Waals surface area contributed by atoms with Gasteiger partial charge in [0.25, 0.3) is 0 Å². The van der Waals surface area contributed by atoms with Crippen LogP contribution in [0.5, 0.6) is 0 Å². The van der Waals surface area contributed by atoms with Gasteiger partial charge in [0.2, 0.25) is 0 Å². The number of aromatic nitrogens is 2. The van der Waals surface area contributed by atoms with Crippen molar-refractivity contribution in [2.24, 2.45) is 0 Å². The first-order valence-corrected chi connectivity index (χ1v) is 7.87. The summed E-state index contributed by atoms with van der Waals surface area (Å²) in [5, 5.41) is 13.2. The predicted octanol–water partition coefficient (Wildman–Crippen LogP) is 2.31. The standard InChI is InChI=1S/C17H19N5O2/c18-9-14-10-20-22(16(14)19)15-7-4-8-21(11-15)17(23)24-12-13-5-2-1-3-6-13/h1-3,5-6,10,15H,4,7-8,11-12,19H2. The largest absolute Gasteiger partial charge is 0.445 e. The Balaban J connectivity index is 1.61. The lowest BCUT2D eigenvalue weighted by molar-refractivity contribution is 0.0791. The minimum absolute atomic E-state index is 0.0369. The summed E-state index contributed by atoms with van der Waals surface area (Å²) in [6.07, 6.45) is 2.82. The van der Waals surface area contributed by atoms with Crippen LogP contribution in [0.2, 0.25) is 0 Å². The summed E-state index contributed by atoms with van der Waals surface area (Å²) in [7, 11) is 0. The number of rotatable bonds is 3. The Morgan fingerprint density at radius 1 is 1.42 bits per heavy atom. The van der Waals surface area contributed by atoms with Crippen molar-refractivity contribution in [3.05, 3.63) is 47.7 Å². The van der Waals surface area contributed by atoms with Crippen LogP contribution >= 0.6 is 0 Å². The van der Waals surface area contributed by atoms with E-state index < -0.39 is 0 Å². The molecule has 1 aromatic carbocycles. The number of hydrogen-bond donors (Lipinski definition) is 1. The zero-order valence-electron chi connectivity index (χ0n) is 13.3. The number of benzene rings is 1. The predicted molar refractivity (Wildman–Crippen MR) is 87.8 cm³/mol. The summed E-state index contributed by atoms with van der Waals surface area (Å²) < 4.78 is 7.02. The van der Waals surface area contributed by atoms with E-state index >= 15 is 0 Å². The zero-order chi connectivity index (χ0) is 16.9. The van der Waals surface area contributed by atoms with Gasteiger partial charge in [0.1, 0.15) is 24.1 Å². The van der Waals surface area contributed by atoms with E-state index in [0.717, 1.165) is 18.4 Å². The SMILES string of the molecule is N#Cc1cnn(C2CCCN(C(=O)OCc3ccccc3)C2)c1N. The topological polar surface area (TPSA) is 97.2 Å². The van der Waals surface area contributed by atoms with Crippen molar-refractivity contribution in [3.8, 4) is 6.07 Å². The maximum Gasteiger partial charge on any atom is 0.410 e. The van der Waals surface area contributed by atoms with Crippen LogP contribution in [-0.4, -0.2) is 33.9 Å². The van der Waals surface area contributed by atoms with Crippen molar-refractivity contribution in [2.75, 3.05) is 18.8 Å². The molecule has 0 spiro atoms. The van der Waals surface area contributed by atoms with Gasteiger partial charge in [-0.05, 0) is 18.4 Å². The molecule has 2 N–H and O–H groups in total. The average Bonchev–Trinajstić information content (AvgIpc) is 3.01. The van der Waals surface area contributed by atoms with Crippen LogP contribution in [-0.2, 0) is 11.3 Å². The fourth-order valence-corrected chi connectivity index (χ4v) is 2.88. The quantitative estimate of drug-likeness (QED) is 0.934. The third-order valence-electron chi connectivity index (χ3n) is 4.16. The number of anilines is 1. The number of carbonyl (C=O) groups is 1. The van der Waals surface area contributed by atoms with Gasteiger partial charge in [0.15, 0.2) is 0 Å². The summed E-state index contributed by atoms with van der Waals surface area (Å²) in [4.78, 5) is 14.0. The molecule has 1 amide bonds. The smallest absolute Gasteiger partial charge is 0.410 e. The highest BCUT2D eigenvalue weighted by atomic mass is 16.6. The van der Waals surface area contributed by atoms with E-state index in [9.17, 15) is 4.79 Å². The lowest BCUT2D eigenvalue weighted by Gasteiger charge is -2.32. The van der Waals surface area contributed by atoms with Gasteiger partial charge in [-0.15, -0.1) is 0 Å². The lowest BCUT2D eigenvalue weighted by atomic mass is 10.1. The second-order valence-electron chi connectivity index (χ2n) is 5.78. The van der Waals surface area contributed by atoms with E-state index in [4.69, 9.17) is 15.7 Å². The van der Waals surface area contributed by atoms with E-state index in [1.165, 1.54) is 6.20 Å². The minimum atomic E-state index is -0.338. The Labute approximate surface area is 140 Å². The van der Waals surface area contributed by atoms with Crippen molar-refractivity contribution < 1.29 is 9.53 Å². The molecule has 0 bridgehead atoms.